The average Bonchev–Trinajstić information content (AvgIpc) is 2.53. The Kier molecular flexibility index (Phi) is 4.29. The maximum atomic E-state index is 10.2. The number of hydrogen-bond acceptors (Lipinski definition) is 3. The molecule has 1 heterocycles. The van der Waals surface area contributed by atoms with Gasteiger partial charge in [0.15, 0.2) is 5.79 Å². The number of rotatable bonds is 5. The fourth-order valence-electron chi connectivity index (χ4n) is 1.50. The summed E-state index contributed by atoms with van der Waals surface area (Å²) in [6, 6.07) is 0. The van der Waals surface area contributed by atoms with Gasteiger partial charge in [0.05, 0.1) is 13.2 Å². The fourth-order valence-corrected chi connectivity index (χ4v) is 1.50. The lowest BCUT2D eigenvalue weighted by molar-refractivity contribution is -0.145. The van der Waals surface area contributed by atoms with E-state index in [9.17, 15) is 4.79 Å². The van der Waals surface area contributed by atoms with E-state index in [1.54, 1.807) is 0 Å². The molecule has 1 saturated heterocycles. The van der Waals surface area contributed by atoms with Gasteiger partial charge in [0.2, 0.25) is 0 Å². The molecule has 1 rings (SSSR count). The van der Waals surface area contributed by atoms with Crippen LogP contribution in [0.25, 0.3) is 0 Å². The Morgan fingerprint density at radius 1 is 1.43 bits per heavy atom. The van der Waals surface area contributed by atoms with E-state index in [0.717, 1.165) is 24.7 Å². The standard InChI is InChI=1S/C11H18O3/c1-10(5-7-12)4-3-6-11(2)13-8-9-14-11/h4,7H,3,5-6,8-9H2,1-2H3/b10-4-. The summed E-state index contributed by atoms with van der Waals surface area (Å²) < 4.78 is 10.9. The first-order valence-electron chi connectivity index (χ1n) is 5.03. The predicted molar refractivity (Wildman–Crippen MR) is 54.0 cm³/mol. The molecule has 0 amide bonds. The van der Waals surface area contributed by atoms with Gasteiger partial charge in [0, 0.05) is 12.8 Å². The molecule has 0 bridgehead atoms. The maximum Gasteiger partial charge on any atom is 0.166 e. The molecule has 1 aliphatic heterocycles. The molecule has 0 radical (unpaired) electrons. The van der Waals surface area contributed by atoms with Crippen LogP contribution in [0.4, 0.5) is 0 Å². The summed E-state index contributed by atoms with van der Waals surface area (Å²) in [6.07, 6.45) is 5.28. The Labute approximate surface area is 85.1 Å². The van der Waals surface area contributed by atoms with Gasteiger partial charge in [-0.3, -0.25) is 0 Å². The quantitative estimate of drug-likeness (QED) is 0.501. The van der Waals surface area contributed by atoms with Crippen LogP contribution in [0.5, 0.6) is 0 Å². The Balaban J connectivity index is 2.26. The third-order valence-electron chi connectivity index (χ3n) is 2.39. The number of hydrogen-bond donors (Lipinski definition) is 0. The average molecular weight is 198 g/mol. The first-order valence-corrected chi connectivity index (χ1v) is 5.03. The predicted octanol–water partition coefficient (Wildman–Crippen LogP) is 2.06. The molecule has 80 valence electrons. The molecule has 0 aromatic heterocycles. The topological polar surface area (TPSA) is 35.5 Å². The van der Waals surface area contributed by atoms with Gasteiger partial charge in [-0.25, -0.2) is 0 Å². The smallest absolute Gasteiger partial charge is 0.166 e. The number of allylic oxidation sites excluding steroid dienone is 2. The second-order valence-corrected chi connectivity index (χ2v) is 3.79. The molecular weight excluding hydrogens is 180 g/mol. The summed E-state index contributed by atoms with van der Waals surface area (Å²) in [6.45, 7) is 5.30. The zero-order valence-corrected chi connectivity index (χ0v) is 8.91. The monoisotopic (exact) mass is 198 g/mol. The van der Waals surface area contributed by atoms with E-state index >= 15 is 0 Å². The maximum absolute atomic E-state index is 10.2. The van der Waals surface area contributed by atoms with E-state index < -0.39 is 5.79 Å². The van der Waals surface area contributed by atoms with Crippen molar-refractivity contribution in [3.05, 3.63) is 11.6 Å². The van der Waals surface area contributed by atoms with Gasteiger partial charge < -0.3 is 14.3 Å². The molecule has 0 N–H and O–H groups in total. The SMILES string of the molecule is C/C(=C/CCC1(C)OCCO1)CC=O. The van der Waals surface area contributed by atoms with Crippen molar-refractivity contribution >= 4 is 6.29 Å². The zero-order chi connectivity index (χ0) is 10.4. The lowest BCUT2D eigenvalue weighted by Gasteiger charge is -2.21. The molecule has 0 aromatic rings. The molecule has 1 fully saturated rings. The second kappa shape index (κ2) is 5.27. The van der Waals surface area contributed by atoms with Gasteiger partial charge in [-0.05, 0) is 20.3 Å². The van der Waals surface area contributed by atoms with Crippen LogP contribution in [0.2, 0.25) is 0 Å². The van der Waals surface area contributed by atoms with Gasteiger partial charge in [0.1, 0.15) is 6.29 Å². The second-order valence-electron chi connectivity index (χ2n) is 3.79. The molecule has 0 unspecified atom stereocenters. The van der Waals surface area contributed by atoms with Crippen molar-refractivity contribution in [2.75, 3.05) is 13.2 Å². The fraction of sp³-hybridized carbons (Fsp3) is 0.727. The van der Waals surface area contributed by atoms with Crippen LogP contribution < -0.4 is 0 Å². The van der Waals surface area contributed by atoms with Crippen molar-refractivity contribution in [3.8, 4) is 0 Å². The molecule has 3 heteroatoms. The molecule has 0 atom stereocenters. The van der Waals surface area contributed by atoms with Crippen LogP contribution in [-0.4, -0.2) is 25.3 Å². The molecule has 0 aromatic carbocycles. The largest absolute Gasteiger partial charge is 0.348 e. The third kappa shape index (κ3) is 3.60. The van der Waals surface area contributed by atoms with Crippen LogP contribution in [0.15, 0.2) is 11.6 Å². The highest BCUT2D eigenvalue weighted by atomic mass is 16.7. The normalized spacial score (nSPS) is 21.1. The first kappa shape index (κ1) is 11.4. The van der Waals surface area contributed by atoms with Crippen LogP contribution in [0.3, 0.4) is 0 Å². The van der Waals surface area contributed by atoms with E-state index in [4.69, 9.17) is 9.47 Å². The zero-order valence-electron chi connectivity index (χ0n) is 8.91. The van der Waals surface area contributed by atoms with Crippen LogP contribution in [0, 0.1) is 0 Å². The molecule has 0 aliphatic carbocycles. The summed E-state index contributed by atoms with van der Waals surface area (Å²) in [5.41, 5.74) is 1.11. The van der Waals surface area contributed by atoms with Crippen molar-refractivity contribution in [1.82, 2.24) is 0 Å². The van der Waals surface area contributed by atoms with Crippen LogP contribution in [-0.2, 0) is 14.3 Å². The minimum absolute atomic E-state index is 0.405. The van der Waals surface area contributed by atoms with Crippen LogP contribution >= 0.6 is 0 Å². The van der Waals surface area contributed by atoms with Crippen molar-refractivity contribution in [1.29, 1.82) is 0 Å². The minimum atomic E-state index is -0.405. The van der Waals surface area contributed by atoms with Gasteiger partial charge in [-0.1, -0.05) is 11.6 Å². The summed E-state index contributed by atoms with van der Waals surface area (Å²) in [4.78, 5) is 10.2. The summed E-state index contributed by atoms with van der Waals surface area (Å²) in [7, 11) is 0. The van der Waals surface area contributed by atoms with E-state index in [1.807, 2.05) is 13.8 Å². The summed E-state index contributed by atoms with van der Waals surface area (Å²) >= 11 is 0. The lowest BCUT2D eigenvalue weighted by atomic mass is 10.1. The van der Waals surface area contributed by atoms with Gasteiger partial charge in [-0.2, -0.15) is 0 Å². The van der Waals surface area contributed by atoms with Gasteiger partial charge in [-0.15, -0.1) is 0 Å². The molecule has 1 aliphatic rings. The van der Waals surface area contributed by atoms with Crippen molar-refractivity contribution < 1.29 is 14.3 Å². The van der Waals surface area contributed by atoms with E-state index in [-0.39, 0.29) is 0 Å². The lowest BCUT2D eigenvalue weighted by Crippen LogP contribution is -2.24. The van der Waals surface area contributed by atoms with E-state index in [2.05, 4.69) is 6.08 Å². The number of carbonyl (C=O) groups is 1. The Morgan fingerprint density at radius 2 is 2.07 bits per heavy atom. The number of aldehydes is 1. The number of carbonyl (C=O) groups excluding carboxylic acids is 1. The Bertz CT molecular complexity index is 215. The van der Waals surface area contributed by atoms with Crippen molar-refractivity contribution in [2.24, 2.45) is 0 Å². The van der Waals surface area contributed by atoms with Crippen molar-refractivity contribution in [3.63, 3.8) is 0 Å². The first-order chi connectivity index (χ1) is 6.66. The van der Waals surface area contributed by atoms with E-state index in [0.29, 0.717) is 19.6 Å². The molecule has 0 spiro atoms. The highest BCUT2D eigenvalue weighted by Gasteiger charge is 2.29. The molecule has 0 saturated carbocycles. The molecular formula is C11H18O3. The highest BCUT2D eigenvalue weighted by Crippen LogP contribution is 2.24. The Hall–Kier alpha value is -0.670. The summed E-state index contributed by atoms with van der Waals surface area (Å²) in [5.74, 6) is -0.405. The highest BCUT2D eigenvalue weighted by molar-refractivity contribution is 5.53. The van der Waals surface area contributed by atoms with Gasteiger partial charge in [0.25, 0.3) is 0 Å². The van der Waals surface area contributed by atoms with Gasteiger partial charge >= 0.3 is 0 Å². The third-order valence-corrected chi connectivity index (χ3v) is 2.39. The summed E-state index contributed by atoms with van der Waals surface area (Å²) in [5, 5.41) is 0. The Morgan fingerprint density at radius 3 is 2.64 bits per heavy atom. The van der Waals surface area contributed by atoms with E-state index in [1.165, 1.54) is 0 Å². The molecule has 14 heavy (non-hydrogen) atoms. The van der Waals surface area contributed by atoms with Crippen LogP contribution in [0.1, 0.15) is 33.1 Å². The van der Waals surface area contributed by atoms with Crippen molar-refractivity contribution in [2.45, 2.75) is 38.9 Å². The minimum Gasteiger partial charge on any atom is -0.348 e. The number of ether oxygens (including phenoxy) is 2. The molecule has 3 nitrogen and oxygen atoms in total.